The number of ether oxygens (including phenoxy) is 2. The van der Waals surface area contributed by atoms with E-state index in [2.05, 4.69) is 0 Å². The first kappa shape index (κ1) is 16.0. The number of halogens is 1. The van der Waals surface area contributed by atoms with Crippen molar-refractivity contribution < 1.29 is 19.4 Å². The molecule has 1 N–H and O–H groups in total. The number of carboxylic acid groups (broad SMARTS) is 1. The SMILES string of the molecule is CCc1cc(C(CC(=O)O)C2CC2)c(OC)c(Cl)c1OC. The van der Waals surface area contributed by atoms with Crippen molar-refractivity contribution in [3.63, 3.8) is 0 Å². The van der Waals surface area contributed by atoms with Gasteiger partial charge < -0.3 is 14.6 Å². The van der Waals surface area contributed by atoms with Gasteiger partial charge in [0.1, 0.15) is 16.5 Å². The Morgan fingerprint density at radius 3 is 2.43 bits per heavy atom. The fourth-order valence-electron chi connectivity index (χ4n) is 2.87. The lowest BCUT2D eigenvalue weighted by atomic mass is 9.88. The van der Waals surface area contributed by atoms with E-state index in [9.17, 15) is 9.90 Å². The molecule has 116 valence electrons. The number of carboxylic acids is 1. The number of hydrogen-bond acceptors (Lipinski definition) is 3. The van der Waals surface area contributed by atoms with Gasteiger partial charge in [-0.1, -0.05) is 18.5 Å². The van der Waals surface area contributed by atoms with Crippen LogP contribution in [0.4, 0.5) is 0 Å². The summed E-state index contributed by atoms with van der Waals surface area (Å²) in [4.78, 5) is 11.2. The third-order valence-corrected chi connectivity index (χ3v) is 4.40. The number of aliphatic carboxylic acids is 1. The molecule has 0 saturated heterocycles. The van der Waals surface area contributed by atoms with Gasteiger partial charge in [0.05, 0.1) is 20.6 Å². The molecule has 1 atom stereocenters. The van der Waals surface area contributed by atoms with Crippen LogP contribution >= 0.6 is 11.6 Å². The molecular weight excluding hydrogens is 292 g/mol. The Bertz CT molecular complexity index is 538. The Balaban J connectivity index is 2.54. The first-order valence-electron chi connectivity index (χ1n) is 7.18. The van der Waals surface area contributed by atoms with Crippen LogP contribution in [0.2, 0.25) is 5.02 Å². The van der Waals surface area contributed by atoms with Crippen molar-refractivity contribution in [3.8, 4) is 11.5 Å². The lowest BCUT2D eigenvalue weighted by molar-refractivity contribution is -0.137. The van der Waals surface area contributed by atoms with Gasteiger partial charge in [-0.15, -0.1) is 0 Å². The molecule has 4 nitrogen and oxygen atoms in total. The van der Waals surface area contributed by atoms with E-state index in [1.807, 2.05) is 13.0 Å². The van der Waals surface area contributed by atoms with Gasteiger partial charge in [-0.25, -0.2) is 0 Å². The fraction of sp³-hybridized carbons (Fsp3) is 0.562. The standard InChI is InChI=1S/C16H21ClO4/c1-4-9-7-12(11(8-13(18)19)10-5-6-10)16(21-3)14(17)15(9)20-2/h7,10-11H,4-6,8H2,1-3H3,(H,18,19). The first-order chi connectivity index (χ1) is 10.0. The Morgan fingerprint density at radius 2 is 2.00 bits per heavy atom. The average molecular weight is 313 g/mol. The Labute approximate surface area is 130 Å². The molecule has 1 aromatic rings. The van der Waals surface area contributed by atoms with Crippen molar-refractivity contribution in [2.75, 3.05) is 14.2 Å². The van der Waals surface area contributed by atoms with Gasteiger partial charge in [-0.2, -0.15) is 0 Å². The minimum atomic E-state index is -0.793. The summed E-state index contributed by atoms with van der Waals surface area (Å²) in [6.07, 6.45) is 3.00. The van der Waals surface area contributed by atoms with Crippen molar-refractivity contribution in [2.45, 2.75) is 38.5 Å². The monoisotopic (exact) mass is 312 g/mol. The predicted molar refractivity (Wildman–Crippen MR) is 81.7 cm³/mol. The van der Waals surface area contributed by atoms with Crippen molar-refractivity contribution in [1.29, 1.82) is 0 Å². The molecule has 2 rings (SSSR count). The van der Waals surface area contributed by atoms with Crippen LogP contribution in [-0.2, 0) is 11.2 Å². The van der Waals surface area contributed by atoms with Gasteiger partial charge in [0.25, 0.3) is 0 Å². The summed E-state index contributed by atoms with van der Waals surface area (Å²) in [5.41, 5.74) is 1.87. The maximum absolute atomic E-state index is 11.2. The van der Waals surface area contributed by atoms with Crippen LogP contribution in [0.25, 0.3) is 0 Å². The lowest BCUT2D eigenvalue weighted by Gasteiger charge is -2.22. The second-order valence-corrected chi connectivity index (χ2v) is 5.78. The zero-order valence-electron chi connectivity index (χ0n) is 12.6. The minimum Gasteiger partial charge on any atom is -0.495 e. The molecule has 1 saturated carbocycles. The van der Waals surface area contributed by atoms with Gasteiger partial charge in [-0.05, 0) is 36.8 Å². The van der Waals surface area contributed by atoms with Crippen molar-refractivity contribution in [3.05, 3.63) is 22.2 Å². The Kier molecular flexibility index (Phi) is 4.99. The molecule has 0 heterocycles. The summed E-state index contributed by atoms with van der Waals surface area (Å²) in [5, 5.41) is 9.62. The van der Waals surface area contributed by atoms with Crippen LogP contribution < -0.4 is 9.47 Å². The van der Waals surface area contributed by atoms with Gasteiger partial charge in [-0.3, -0.25) is 4.79 Å². The largest absolute Gasteiger partial charge is 0.495 e. The van der Waals surface area contributed by atoms with E-state index in [-0.39, 0.29) is 12.3 Å². The third kappa shape index (κ3) is 3.26. The maximum atomic E-state index is 11.2. The van der Waals surface area contributed by atoms with E-state index < -0.39 is 5.97 Å². The minimum absolute atomic E-state index is 0.0499. The number of rotatable bonds is 7. The van der Waals surface area contributed by atoms with Crippen LogP contribution in [0, 0.1) is 5.92 Å². The molecule has 0 radical (unpaired) electrons. The summed E-state index contributed by atoms with van der Waals surface area (Å²) >= 11 is 6.41. The predicted octanol–water partition coefficient (Wildman–Crippen LogP) is 3.89. The third-order valence-electron chi connectivity index (χ3n) is 4.06. The maximum Gasteiger partial charge on any atom is 0.303 e. The highest BCUT2D eigenvalue weighted by Gasteiger charge is 2.36. The van der Waals surface area contributed by atoms with E-state index in [4.69, 9.17) is 21.1 Å². The molecule has 1 fully saturated rings. The zero-order valence-corrected chi connectivity index (χ0v) is 13.4. The molecule has 1 aromatic carbocycles. The summed E-state index contributed by atoms with van der Waals surface area (Å²) < 4.78 is 10.8. The molecule has 1 aliphatic carbocycles. The van der Waals surface area contributed by atoms with Crippen LogP contribution in [0.5, 0.6) is 11.5 Å². The van der Waals surface area contributed by atoms with Crippen LogP contribution in [0.1, 0.15) is 43.2 Å². The molecule has 0 spiro atoms. The fourth-order valence-corrected chi connectivity index (χ4v) is 3.26. The van der Waals surface area contributed by atoms with Crippen molar-refractivity contribution >= 4 is 17.6 Å². The van der Waals surface area contributed by atoms with Crippen molar-refractivity contribution in [2.24, 2.45) is 5.92 Å². The quantitative estimate of drug-likeness (QED) is 0.830. The average Bonchev–Trinajstić information content (AvgIpc) is 3.28. The Morgan fingerprint density at radius 1 is 1.38 bits per heavy atom. The molecule has 5 heteroatoms. The van der Waals surface area contributed by atoms with Gasteiger partial charge in [0.2, 0.25) is 0 Å². The van der Waals surface area contributed by atoms with Crippen LogP contribution in [0.15, 0.2) is 6.07 Å². The number of methoxy groups -OCH3 is 2. The van der Waals surface area contributed by atoms with E-state index in [0.717, 1.165) is 30.4 Å². The van der Waals surface area contributed by atoms with Gasteiger partial charge in [0.15, 0.2) is 0 Å². The highest BCUT2D eigenvalue weighted by Crippen LogP contribution is 2.51. The van der Waals surface area contributed by atoms with Crippen LogP contribution in [-0.4, -0.2) is 25.3 Å². The number of carbonyl (C=O) groups is 1. The zero-order chi connectivity index (χ0) is 15.6. The van der Waals surface area contributed by atoms with E-state index in [1.165, 1.54) is 0 Å². The summed E-state index contributed by atoms with van der Waals surface area (Å²) in [5.74, 6) is 0.725. The van der Waals surface area contributed by atoms with Crippen molar-refractivity contribution in [1.82, 2.24) is 0 Å². The summed E-state index contributed by atoms with van der Waals surface area (Å²) in [6, 6.07) is 2.00. The number of hydrogen-bond donors (Lipinski definition) is 1. The summed E-state index contributed by atoms with van der Waals surface area (Å²) in [6.45, 7) is 2.02. The lowest BCUT2D eigenvalue weighted by Crippen LogP contribution is -2.11. The highest BCUT2D eigenvalue weighted by molar-refractivity contribution is 6.33. The molecular formula is C16H21ClO4. The molecule has 0 amide bonds. The number of aryl methyl sites for hydroxylation is 1. The van der Waals surface area contributed by atoms with Gasteiger partial charge >= 0.3 is 5.97 Å². The molecule has 0 bridgehead atoms. The second-order valence-electron chi connectivity index (χ2n) is 5.40. The summed E-state index contributed by atoms with van der Waals surface area (Å²) in [7, 11) is 3.13. The molecule has 1 aliphatic rings. The molecule has 1 unspecified atom stereocenters. The first-order valence-corrected chi connectivity index (χ1v) is 7.56. The Hall–Kier alpha value is -1.42. The second kappa shape index (κ2) is 6.56. The van der Waals surface area contributed by atoms with E-state index in [0.29, 0.717) is 22.4 Å². The van der Waals surface area contributed by atoms with Crippen LogP contribution in [0.3, 0.4) is 0 Å². The highest BCUT2D eigenvalue weighted by atomic mass is 35.5. The molecule has 0 aliphatic heterocycles. The normalized spacial score (nSPS) is 15.6. The van der Waals surface area contributed by atoms with E-state index >= 15 is 0 Å². The number of benzene rings is 1. The smallest absolute Gasteiger partial charge is 0.303 e. The molecule has 21 heavy (non-hydrogen) atoms. The molecule has 0 aromatic heterocycles. The van der Waals surface area contributed by atoms with E-state index in [1.54, 1.807) is 14.2 Å². The van der Waals surface area contributed by atoms with Gasteiger partial charge in [0, 0.05) is 11.5 Å². The topological polar surface area (TPSA) is 55.8 Å².